The van der Waals surface area contributed by atoms with Crippen LogP contribution in [-0.4, -0.2) is 590 Å². The molecule has 11 fully saturated rings. The predicted molar refractivity (Wildman–Crippen MR) is 435 cm³/mol. The molecule has 0 bridgehead atoms. The molecule has 1 unspecified atom stereocenters. The van der Waals surface area contributed by atoms with Gasteiger partial charge in [0.15, 0.2) is 99.7 Å². The van der Waals surface area contributed by atoms with Gasteiger partial charge in [0.05, 0.1) is 39.6 Å². The van der Waals surface area contributed by atoms with Crippen LogP contribution >= 0.6 is 0 Å². The summed E-state index contributed by atoms with van der Waals surface area (Å²) >= 11 is 0. The lowest BCUT2D eigenvalue weighted by molar-refractivity contribution is -0.382. The maximum Gasteiger partial charge on any atom is 0.335 e. The number of carbonyl (C=O) groups excluding carboxylic acids is 6. The molecule has 145 heavy (non-hydrogen) atoms. The lowest BCUT2D eigenvalue weighted by atomic mass is 9.93. The number of carboxylic acid groups (broad SMARTS) is 5. The standard InChI is InChI=1S/C78H120N6O61/c1-13(91)79-25-37(103)31(97)19(7-85)126-69(25)136-53-38(104)44(110)75(142-58(53)63(114)115)132-49-27(81-15(3)93)71(128-21(9-87)33(49)99)138-55-40(106)46(112)77(144-60(55)65(118)119)134-51-29(83-17(5)95)73(130-23(11-89)35(51)101)140-57-42(108)47(113)78(145-62(57)67(122)123)135-52-30(84-18(6)96)72(129-24(12-90)36(52)102)139-56-41(107)45(111)76(143-61(56)66(120)121)133-50-28(82-16(4)94)70(127-22(10-88)34(50)100)137-54-39(105)43(109)74(141-59(54)64(116)117)131-48-26(80-14(2)92)68(124)125-20(8-86)32(48)98/h19-62,68-78,85-90,97-113,124H,7-12H2,1-6H3,(H,79,91)(H,80,92)(H,81,93)(H,82,94)(H,83,95)(H,84,96)(H,114,115)(H,116,117)(H,118,119)(H,120,121)(H,122,123)/t19-,20-,21-,22-,23-,24-,25-,26-,27-,28-,29-,30-,31-,32-,33-,34-,35-,36-,37-,38-,39-,40-,41-,42-,43-,44-,45-,46-,47-,48-,49-,50-,51-,52-,53+,54+,55+,56+,57+,58+,59+,60+,61+,62+,68?,69+,70+,71+,72+,73+,74-,75-,76-,77-,78-/m1/s1. The van der Waals surface area contributed by atoms with Gasteiger partial charge in [0.2, 0.25) is 35.4 Å². The number of aliphatic hydroxyl groups excluding tert-OH is 24. The normalized spacial score (nSPS) is 46.6. The lowest BCUT2D eigenvalue weighted by Gasteiger charge is -2.51. The van der Waals surface area contributed by atoms with Crippen LogP contribution in [0, 0.1) is 0 Å². The molecule has 828 valence electrons. The summed E-state index contributed by atoms with van der Waals surface area (Å²) in [6.07, 6.45) is -117. The van der Waals surface area contributed by atoms with Crippen LogP contribution in [0.15, 0.2) is 0 Å². The number of carboxylic acids is 5. The van der Waals surface area contributed by atoms with Crippen LogP contribution in [0.25, 0.3) is 0 Å². The van der Waals surface area contributed by atoms with Crippen LogP contribution < -0.4 is 31.9 Å². The second-order valence-electron chi connectivity index (χ2n) is 35.4. The van der Waals surface area contributed by atoms with Gasteiger partial charge in [-0.2, -0.15) is 0 Å². The van der Waals surface area contributed by atoms with Crippen molar-refractivity contribution in [2.75, 3.05) is 39.6 Å². The molecule has 11 rings (SSSR count). The van der Waals surface area contributed by atoms with Crippen LogP contribution in [0.4, 0.5) is 0 Å². The molecule has 0 aromatic heterocycles. The second kappa shape index (κ2) is 50.1. The summed E-state index contributed by atoms with van der Waals surface area (Å²) in [5, 5.41) is 337. The van der Waals surface area contributed by atoms with Crippen molar-refractivity contribution in [3.8, 4) is 0 Å². The molecule has 11 saturated heterocycles. The molecule has 11 heterocycles. The summed E-state index contributed by atoms with van der Waals surface area (Å²) in [5.41, 5.74) is 0. The van der Waals surface area contributed by atoms with Crippen molar-refractivity contribution in [3.63, 3.8) is 0 Å². The molecule has 67 heteroatoms. The van der Waals surface area contributed by atoms with Gasteiger partial charge in [0, 0.05) is 41.5 Å². The van der Waals surface area contributed by atoms with E-state index in [9.17, 15) is 201 Å². The van der Waals surface area contributed by atoms with Gasteiger partial charge in [-0.05, 0) is 0 Å². The Morgan fingerprint density at radius 2 is 0.345 bits per heavy atom. The Kier molecular flexibility index (Phi) is 40.6. The van der Waals surface area contributed by atoms with E-state index in [0.717, 1.165) is 41.5 Å². The van der Waals surface area contributed by atoms with E-state index in [4.69, 9.17) is 99.5 Å². The summed E-state index contributed by atoms with van der Waals surface area (Å²) in [5.74, 6) is -16.8. The first-order valence-corrected chi connectivity index (χ1v) is 44.6. The minimum Gasteiger partial charge on any atom is -0.479 e. The molecule has 11 aliphatic rings. The molecule has 6 amide bonds. The molecular weight excluding hydrogens is 2000 g/mol. The lowest BCUT2D eigenvalue weighted by Crippen LogP contribution is -2.72. The highest BCUT2D eigenvalue weighted by Gasteiger charge is 2.65. The van der Waals surface area contributed by atoms with Crippen molar-refractivity contribution in [3.05, 3.63) is 0 Å². The zero-order valence-electron chi connectivity index (χ0n) is 76.5. The molecule has 0 aromatic carbocycles. The van der Waals surface area contributed by atoms with Crippen molar-refractivity contribution in [2.45, 2.75) is 379 Å². The largest absolute Gasteiger partial charge is 0.479 e. The Labute approximate surface area is 813 Å². The number of carbonyl (C=O) groups is 11. The Bertz CT molecular complexity index is 4320. The number of aliphatic carboxylic acids is 5. The number of hydrogen-bond acceptors (Lipinski definition) is 56. The minimum absolute atomic E-state index is 0.785. The fourth-order valence-electron chi connectivity index (χ4n) is 18.2. The van der Waals surface area contributed by atoms with Crippen molar-refractivity contribution >= 4 is 65.3 Å². The summed E-state index contributed by atoms with van der Waals surface area (Å²) in [4.78, 5) is 143. The van der Waals surface area contributed by atoms with E-state index < -0.39 is 442 Å². The number of ether oxygens (including phenoxy) is 21. The summed E-state index contributed by atoms with van der Waals surface area (Å²) in [6, 6.07) is -12.3. The highest BCUT2D eigenvalue weighted by atomic mass is 16.8. The van der Waals surface area contributed by atoms with E-state index in [-0.39, 0.29) is 0 Å². The van der Waals surface area contributed by atoms with Crippen molar-refractivity contribution < 1.29 is 300 Å². The quantitative estimate of drug-likeness (QED) is 0.0275. The second-order valence-corrected chi connectivity index (χ2v) is 35.4. The summed E-state index contributed by atoms with van der Waals surface area (Å²) in [6.45, 7) is -2.09. The first-order chi connectivity index (χ1) is 68.2. The highest BCUT2D eigenvalue weighted by molar-refractivity contribution is 5.78. The predicted octanol–water partition coefficient (Wildman–Crippen LogP) is -23.7. The van der Waals surface area contributed by atoms with Crippen LogP contribution in [0.1, 0.15) is 41.5 Å². The van der Waals surface area contributed by atoms with Gasteiger partial charge in [-0.3, -0.25) is 28.8 Å². The van der Waals surface area contributed by atoms with Gasteiger partial charge in [-0.15, -0.1) is 0 Å². The fourth-order valence-corrected chi connectivity index (χ4v) is 18.2. The summed E-state index contributed by atoms with van der Waals surface area (Å²) in [7, 11) is 0. The Hall–Kier alpha value is -7.63. The van der Waals surface area contributed by atoms with Crippen LogP contribution in [0.5, 0.6) is 0 Å². The molecule has 55 atom stereocenters. The first kappa shape index (κ1) is 118. The fraction of sp³-hybridized carbons (Fsp3) is 0.859. The van der Waals surface area contributed by atoms with E-state index >= 15 is 0 Å². The van der Waals surface area contributed by atoms with Crippen molar-refractivity contribution in [2.24, 2.45) is 0 Å². The first-order valence-electron chi connectivity index (χ1n) is 44.6. The SMILES string of the molecule is CC(=O)N[C@H]1[C@H](O[C@H]2[C@H](O)[C@@H](O)[C@H](O[C@H]3[C@H](O)[C@@H](CO)O[C@@H](O[C@H]4[C@H](O)[C@@H](O)[C@H](O[C@H]5[C@H](O)[C@@H](CO)O[C@@H](O[C@H]6[C@H](O)[C@@H](O)[C@H](O[C@H]7[C@H](O)[C@@H](CO)O[C@@H](O[C@H]8[C@H](O)[C@@H](O)[C@H](O[C@H]9[C@H](O)[C@@H](CO)O[C@@H](O[C@H]%10[C@H](O)[C@@H](O)[C@H](O[C@H]%11[C@H](O)[C@@H](CO)OC(O)[C@@H]%11NC(C)=O)O[C@@H]%10C(=O)O)[C@@H]9NC(C)=O)O[C@@H]8C(=O)O)[C@@H]7NC(C)=O)O[C@@H]6C(=O)O)[C@@H]5NC(C)=O)O[C@@H]4C(=O)O)[C@@H]3NC(C)=O)O[C@@H]2C(=O)O)O[C@H](CO)[C@@H](O)[C@@H]1O. The molecule has 0 aliphatic carbocycles. The molecule has 0 saturated carbocycles. The van der Waals surface area contributed by atoms with E-state index in [1.54, 1.807) is 0 Å². The van der Waals surface area contributed by atoms with Gasteiger partial charge in [-0.1, -0.05) is 0 Å². The number of aliphatic hydroxyl groups is 24. The van der Waals surface area contributed by atoms with Gasteiger partial charge < -0.3 is 279 Å². The van der Waals surface area contributed by atoms with Gasteiger partial charge in [0.1, 0.15) is 238 Å². The number of nitrogens with one attached hydrogen (secondary N) is 6. The molecule has 35 N–H and O–H groups in total. The Morgan fingerprint density at radius 3 is 0.531 bits per heavy atom. The summed E-state index contributed by atoms with van der Waals surface area (Å²) < 4.78 is 120. The van der Waals surface area contributed by atoms with Gasteiger partial charge in [-0.25, -0.2) is 24.0 Å². The van der Waals surface area contributed by atoms with Crippen LogP contribution in [0.3, 0.4) is 0 Å². The Morgan fingerprint density at radius 1 is 0.186 bits per heavy atom. The smallest absolute Gasteiger partial charge is 0.335 e. The van der Waals surface area contributed by atoms with Crippen LogP contribution in [0.2, 0.25) is 0 Å². The number of amides is 6. The third-order valence-electron chi connectivity index (χ3n) is 25.2. The van der Waals surface area contributed by atoms with E-state index in [0.29, 0.717) is 0 Å². The average molecular weight is 2120 g/mol. The molecule has 0 spiro atoms. The third kappa shape index (κ3) is 25.9. The van der Waals surface area contributed by atoms with Gasteiger partial charge >= 0.3 is 29.8 Å². The zero-order valence-corrected chi connectivity index (χ0v) is 76.5. The Balaban J connectivity index is 0.784. The van der Waals surface area contributed by atoms with E-state index in [2.05, 4.69) is 31.9 Å². The van der Waals surface area contributed by atoms with Crippen molar-refractivity contribution in [1.29, 1.82) is 0 Å². The van der Waals surface area contributed by atoms with E-state index in [1.165, 1.54) is 0 Å². The monoisotopic (exact) mass is 2120 g/mol. The van der Waals surface area contributed by atoms with Crippen LogP contribution in [-0.2, 0) is 152 Å². The number of hydrogen-bond donors (Lipinski definition) is 35. The zero-order chi connectivity index (χ0) is 107. The molecule has 67 nitrogen and oxygen atoms in total. The molecule has 11 aliphatic heterocycles. The molecule has 0 radical (unpaired) electrons. The minimum atomic E-state index is -2.77. The molecular formula is C78H120N6O61. The molecule has 0 aromatic rings. The average Bonchev–Trinajstić information content (AvgIpc) is 0.762. The maximum atomic E-state index is 13.5. The number of rotatable bonds is 37. The topological polar surface area (TPSA) is 1040 Å². The van der Waals surface area contributed by atoms with E-state index in [1.807, 2.05) is 0 Å². The van der Waals surface area contributed by atoms with Crippen molar-refractivity contribution in [1.82, 2.24) is 31.9 Å². The maximum absolute atomic E-state index is 13.5. The highest BCUT2D eigenvalue weighted by Crippen LogP contribution is 2.43. The third-order valence-corrected chi connectivity index (χ3v) is 25.2. The van der Waals surface area contributed by atoms with Gasteiger partial charge in [0.25, 0.3) is 0 Å².